The van der Waals surface area contributed by atoms with E-state index in [1.807, 2.05) is 12.1 Å². The number of ether oxygens (including phenoxy) is 2. The highest BCUT2D eigenvalue weighted by atomic mass is 16.5. The fraction of sp³-hybridized carbons (Fsp3) is 0.538. The molecular formula is C13H21NO2. The second-order valence-electron chi connectivity index (χ2n) is 3.81. The molecule has 0 fully saturated rings. The maximum absolute atomic E-state index is 5.71. The number of anilines is 1. The molecule has 0 aliphatic carbocycles. The van der Waals surface area contributed by atoms with E-state index >= 15 is 0 Å². The normalized spacial score (nSPS) is 10.1. The zero-order chi connectivity index (χ0) is 11.8. The molecule has 1 rings (SSSR count). The third-order valence-electron chi connectivity index (χ3n) is 2.47. The highest BCUT2D eigenvalue weighted by Gasteiger charge is 2.01. The minimum Gasteiger partial charge on any atom is -0.494 e. The van der Waals surface area contributed by atoms with E-state index in [0.717, 1.165) is 18.8 Å². The number of rotatable bonds is 7. The van der Waals surface area contributed by atoms with Crippen LogP contribution >= 0.6 is 0 Å². The third-order valence-corrected chi connectivity index (χ3v) is 2.47. The number of nitrogens with two attached hydrogens (primary N) is 1. The van der Waals surface area contributed by atoms with Gasteiger partial charge in [0, 0.05) is 6.07 Å². The van der Waals surface area contributed by atoms with Crippen molar-refractivity contribution in [2.24, 2.45) is 0 Å². The molecule has 0 aliphatic rings. The number of hydrogen-bond acceptors (Lipinski definition) is 3. The Kier molecular flexibility index (Phi) is 5.54. The highest BCUT2D eigenvalue weighted by molar-refractivity contribution is 5.55. The largest absolute Gasteiger partial charge is 0.494 e. The molecular weight excluding hydrogens is 202 g/mol. The Balaban J connectivity index is 2.36. The lowest BCUT2D eigenvalue weighted by atomic mass is 10.2. The van der Waals surface area contributed by atoms with Crippen molar-refractivity contribution in [2.45, 2.75) is 32.6 Å². The summed E-state index contributed by atoms with van der Waals surface area (Å²) in [5.41, 5.74) is 6.35. The Morgan fingerprint density at radius 2 is 2.00 bits per heavy atom. The summed E-state index contributed by atoms with van der Waals surface area (Å²) in [4.78, 5) is 0. The van der Waals surface area contributed by atoms with E-state index in [0.29, 0.717) is 11.4 Å². The van der Waals surface area contributed by atoms with Gasteiger partial charge in [-0.3, -0.25) is 0 Å². The molecule has 0 heterocycles. The number of nitrogen functional groups attached to an aromatic ring is 1. The Labute approximate surface area is 97.6 Å². The van der Waals surface area contributed by atoms with Crippen molar-refractivity contribution in [3.8, 4) is 11.5 Å². The summed E-state index contributed by atoms with van der Waals surface area (Å²) in [5.74, 6) is 1.49. The van der Waals surface area contributed by atoms with Crippen LogP contribution in [0.15, 0.2) is 18.2 Å². The van der Waals surface area contributed by atoms with Gasteiger partial charge in [0.15, 0.2) is 0 Å². The van der Waals surface area contributed by atoms with Gasteiger partial charge < -0.3 is 15.2 Å². The van der Waals surface area contributed by atoms with Crippen LogP contribution in [0.5, 0.6) is 11.5 Å². The molecule has 0 spiro atoms. The Bertz CT molecular complexity index is 313. The molecule has 0 atom stereocenters. The second-order valence-corrected chi connectivity index (χ2v) is 3.81. The molecule has 1 aromatic carbocycles. The lowest BCUT2D eigenvalue weighted by Crippen LogP contribution is -1.98. The van der Waals surface area contributed by atoms with Gasteiger partial charge in [-0.15, -0.1) is 0 Å². The van der Waals surface area contributed by atoms with E-state index < -0.39 is 0 Å². The highest BCUT2D eigenvalue weighted by Crippen LogP contribution is 2.26. The van der Waals surface area contributed by atoms with Crippen molar-refractivity contribution in [2.75, 3.05) is 19.5 Å². The monoisotopic (exact) mass is 223 g/mol. The molecule has 0 aliphatic heterocycles. The number of benzene rings is 1. The Morgan fingerprint density at radius 3 is 2.69 bits per heavy atom. The maximum atomic E-state index is 5.71. The van der Waals surface area contributed by atoms with Crippen LogP contribution in [-0.4, -0.2) is 13.7 Å². The molecule has 0 amide bonds. The average Bonchev–Trinajstić information content (AvgIpc) is 2.31. The summed E-state index contributed by atoms with van der Waals surface area (Å²) >= 11 is 0. The summed E-state index contributed by atoms with van der Waals surface area (Å²) in [6.45, 7) is 2.96. The van der Waals surface area contributed by atoms with Crippen LogP contribution in [0.25, 0.3) is 0 Å². The van der Waals surface area contributed by atoms with Gasteiger partial charge in [-0.25, -0.2) is 0 Å². The van der Waals surface area contributed by atoms with Crippen LogP contribution in [0.2, 0.25) is 0 Å². The average molecular weight is 223 g/mol. The molecule has 0 saturated carbocycles. The lowest BCUT2D eigenvalue weighted by molar-refractivity contribution is 0.303. The van der Waals surface area contributed by atoms with Crippen molar-refractivity contribution in [3.63, 3.8) is 0 Å². The van der Waals surface area contributed by atoms with Crippen LogP contribution in [0.4, 0.5) is 5.69 Å². The van der Waals surface area contributed by atoms with Gasteiger partial charge in [-0.05, 0) is 18.6 Å². The Hall–Kier alpha value is -1.38. The summed E-state index contributed by atoms with van der Waals surface area (Å²) in [7, 11) is 1.61. The van der Waals surface area contributed by atoms with Crippen LogP contribution in [0, 0.1) is 0 Å². The van der Waals surface area contributed by atoms with Crippen molar-refractivity contribution in [3.05, 3.63) is 18.2 Å². The first-order valence-electron chi connectivity index (χ1n) is 5.84. The smallest absolute Gasteiger partial charge is 0.145 e. The van der Waals surface area contributed by atoms with E-state index in [-0.39, 0.29) is 0 Å². The minimum absolute atomic E-state index is 0.640. The third kappa shape index (κ3) is 4.01. The molecule has 90 valence electrons. The van der Waals surface area contributed by atoms with Gasteiger partial charge >= 0.3 is 0 Å². The number of unbranched alkanes of at least 4 members (excludes halogenated alkanes) is 3. The van der Waals surface area contributed by atoms with E-state index in [4.69, 9.17) is 15.2 Å². The second kappa shape index (κ2) is 6.99. The number of hydrogen-bond donors (Lipinski definition) is 1. The molecule has 3 nitrogen and oxygen atoms in total. The molecule has 2 N–H and O–H groups in total. The van der Waals surface area contributed by atoms with Crippen LogP contribution in [0.3, 0.4) is 0 Å². The molecule has 3 heteroatoms. The SMILES string of the molecule is CCCCCCOc1ccc(N)c(OC)c1. The molecule has 0 aromatic heterocycles. The van der Waals surface area contributed by atoms with E-state index in [9.17, 15) is 0 Å². The molecule has 16 heavy (non-hydrogen) atoms. The predicted octanol–water partition coefficient (Wildman–Crippen LogP) is 3.24. The van der Waals surface area contributed by atoms with Crippen molar-refractivity contribution >= 4 is 5.69 Å². The van der Waals surface area contributed by atoms with Gasteiger partial charge in [0.25, 0.3) is 0 Å². The lowest BCUT2D eigenvalue weighted by Gasteiger charge is -2.09. The molecule has 0 saturated heterocycles. The zero-order valence-electron chi connectivity index (χ0n) is 10.2. The zero-order valence-corrected chi connectivity index (χ0v) is 10.2. The first kappa shape index (κ1) is 12.7. The van der Waals surface area contributed by atoms with Crippen LogP contribution in [0.1, 0.15) is 32.6 Å². The van der Waals surface area contributed by atoms with Crippen molar-refractivity contribution < 1.29 is 9.47 Å². The van der Waals surface area contributed by atoms with E-state index in [1.54, 1.807) is 13.2 Å². The summed E-state index contributed by atoms with van der Waals surface area (Å²) < 4.78 is 10.7. The molecule has 1 aromatic rings. The standard InChI is InChI=1S/C13H21NO2/c1-3-4-5-6-9-16-11-7-8-12(14)13(10-11)15-2/h7-8,10H,3-6,9,14H2,1-2H3. The van der Waals surface area contributed by atoms with Gasteiger partial charge in [0.1, 0.15) is 11.5 Å². The van der Waals surface area contributed by atoms with E-state index in [1.165, 1.54) is 19.3 Å². The first-order valence-corrected chi connectivity index (χ1v) is 5.84. The Morgan fingerprint density at radius 1 is 1.19 bits per heavy atom. The van der Waals surface area contributed by atoms with Crippen LogP contribution < -0.4 is 15.2 Å². The summed E-state index contributed by atoms with van der Waals surface area (Å²) in [5, 5.41) is 0. The van der Waals surface area contributed by atoms with Gasteiger partial charge in [0.2, 0.25) is 0 Å². The van der Waals surface area contributed by atoms with Crippen molar-refractivity contribution in [1.82, 2.24) is 0 Å². The van der Waals surface area contributed by atoms with Crippen LogP contribution in [-0.2, 0) is 0 Å². The summed E-state index contributed by atoms with van der Waals surface area (Å²) in [6.07, 6.45) is 4.84. The van der Waals surface area contributed by atoms with E-state index in [2.05, 4.69) is 6.92 Å². The maximum Gasteiger partial charge on any atom is 0.145 e. The fourth-order valence-corrected chi connectivity index (χ4v) is 1.50. The predicted molar refractivity (Wildman–Crippen MR) is 67.0 cm³/mol. The topological polar surface area (TPSA) is 44.5 Å². The van der Waals surface area contributed by atoms with Gasteiger partial charge in [0.05, 0.1) is 19.4 Å². The molecule has 0 unspecified atom stereocenters. The minimum atomic E-state index is 0.640. The summed E-state index contributed by atoms with van der Waals surface area (Å²) in [6, 6.07) is 5.51. The first-order chi connectivity index (χ1) is 7.77. The van der Waals surface area contributed by atoms with Gasteiger partial charge in [-0.1, -0.05) is 26.2 Å². The van der Waals surface area contributed by atoms with Crippen molar-refractivity contribution in [1.29, 1.82) is 0 Å². The molecule has 0 bridgehead atoms. The number of methoxy groups -OCH3 is 1. The molecule has 0 radical (unpaired) electrons. The fourth-order valence-electron chi connectivity index (χ4n) is 1.50. The van der Waals surface area contributed by atoms with Gasteiger partial charge in [-0.2, -0.15) is 0 Å². The quantitative estimate of drug-likeness (QED) is 0.570.